The second-order valence-corrected chi connectivity index (χ2v) is 17.4. The van der Waals surface area contributed by atoms with Crippen LogP contribution < -0.4 is 0 Å². The third-order valence-electron chi connectivity index (χ3n) is 10.0. The summed E-state index contributed by atoms with van der Waals surface area (Å²) in [7, 11) is 0. The van der Waals surface area contributed by atoms with Gasteiger partial charge in [-0.25, -0.2) is 0 Å². The molecule has 0 atom stereocenters. The highest BCUT2D eigenvalue weighted by atomic mass is 32.1. The first kappa shape index (κ1) is 43.4. The summed E-state index contributed by atoms with van der Waals surface area (Å²) in [5.74, 6) is -33.8. The number of benzene rings is 2. The van der Waals surface area contributed by atoms with Crippen molar-refractivity contribution in [1.29, 1.82) is 0 Å². The Balaban J connectivity index is 1.58. The van der Waals surface area contributed by atoms with Crippen molar-refractivity contribution in [3.63, 3.8) is 0 Å². The lowest BCUT2D eigenvalue weighted by atomic mass is 9.75. The molecule has 2 aliphatic rings. The summed E-state index contributed by atoms with van der Waals surface area (Å²) in [5, 5.41) is 3.87. The van der Waals surface area contributed by atoms with Crippen LogP contribution in [-0.2, 0) is 0 Å². The molecule has 0 bridgehead atoms. The summed E-state index contributed by atoms with van der Waals surface area (Å²) in [4.78, 5) is 57.5. The maximum Gasteiger partial charge on any atom is 0.459 e. The van der Waals surface area contributed by atoms with E-state index >= 15 is 17.6 Å². The van der Waals surface area contributed by atoms with Gasteiger partial charge in [0.25, 0.3) is 23.6 Å². The molecular formula is C38H16F14N2O4S4. The summed E-state index contributed by atoms with van der Waals surface area (Å²) < 4.78 is 200. The van der Waals surface area contributed by atoms with Gasteiger partial charge in [0.05, 0.1) is 35.3 Å². The fraction of sp³-hybridized carbons (Fsp3) is 0.211. The minimum absolute atomic E-state index is 0.116. The molecule has 0 saturated carbocycles. The topological polar surface area (TPSA) is 74.8 Å². The van der Waals surface area contributed by atoms with Crippen LogP contribution in [0.5, 0.6) is 0 Å². The van der Waals surface area contributed by atoms with E-state index in [1.54, 1.807) is 0 Å². The average molecular weight is 959 g/mol. The number of alkyl halides is 14. The minimum atomic E-state index is -6.91. The molecule has 2 aliphatic heterocycles. The van der Waals surface area contributed by atoms with Crippen molar-refractivity contribution >= 4 is 79.7 Å². The van der Waals surface area contributed by atoms with Gasteiger partial charge in [0, 0.05) is 52.5 Å². The van der Waals surface area contributed by atoms with Crippen molar-refractivity contribution in [3.8, 4) is 41.8 Å². The van der Waals surface area contributed by atoms with Gasteiger partial charge in [-0.2, -0.15) is 61.5 Å². The van der Waals surface area contributed by atoms with Crippen molar-refractivity contribution in [2.24, 2.45) is 0 Å². The molecule has 0 N–H and O–H groups in total. The van der Waals surface area contributed by atoms with Crippen molar-refractivity contribution in [2.45, 2.75) is 36.0 Å². The molecule has 6 aromatic rings. The zero-order chi connectivity index (χ0) is 45.3. The number of thiophene rings is 4. The number of amides is 4. The molecule has 0 spiro atoms. The number of nitrogens with zero attached hydrogens (tertiary/aromatic N) is 2. The predicted octanol–water partition coefficient (Wildman–Crippen LogP) is 12.6. The summed E-state index contributed by atoms with van der Waals surface area (Å²) in [6.07, 6.45) is -13.8. The Kier molecular flexibility index (Phi) is 9.92. The van der Waals surface area contributed by atoms with E-state index < -0.39 is 138 Å². The number of carbonyl (C=O) groups is 4. The molecular weight excluding hydrogens is 943 g/mol. The van der Waals surface area contributed by atoms with E-state index in [1.165, 1.54) is 70.1 Å². The highest BCUT2D eigenvalue weighted by Crippen LogP contribution is 2.57. The van der Waals surface area contributed by atoms with Gasteiger partial charge in [0.1, 0.15) is 0 Å². The van der Waals surface area contributed by atoms with Gasteiger partial charge in [-0.15, -0.1) is 45.3 Å². The van der Waals surface area contributed by atoms with Crippen LogP contribution in [0.1, 0.15) is 41.4 Å². The van der Waals surface area contributed by atoms with Gasteiger partial charge in [0.15, 0.2) is 0 Å². The zero-order valence-electron chi connectivity index (χ0n) is 29.8. The maximum atomic E-state index is 15.4. The fourth-order valence-corrected chi connectivity index (χ4v) is 10.4. The van der Waals surface area contributed by atoms with Crippen molar-refractivity contribution in [2.75, 3.05) is 13.1 Å². The zero-order valence-corrected chi connectivity index (χ0v) is 33.1. The van der Waals surface area contributed by atoms with Gasteiger partial charge in [0.2, 0.25) is 0 Å². The van der Waals surface area contributed by atoms with Crippen molar-refractivity contribution < 1.29 is 80.6 Å². The van der Waals surface area contributed by atoms with Crippen LogP contribution in [0.25, 0.3) is 52.5 Å². The molecule has 24 heteroatoms. The fourth-order valence-electron chi connectivity index (χ4n) is 7.30. The highest BCUT2D eigenvalue weighted by Gasteiger charge is 2.75. The standard InChI is InChI=1S/C38H16F14N2O4S4/c39-33(40,35(43,44)37(47,48)49)13-53-29(55)25-19(15-5-1-9-59-15)20(16-6-2-10-60-16)26-24-23(25)27(31(53)57)21(17-7-3-11-61-17)22(18-8-4-12-62-18)28(24)32(58)54(30(26)56)14-34(41,42)36(45,46)38(50,51)52/h1-12H,13-14H2. The molecule has 0 fully saturated rings. The Morgan fingerprint density at radius 2 is 0.597 bits per heavy atom. The van der Waals surface area contributed by atoms with E-state index in [9.17, 15) is 63.1 Å². The average Bonchev–Trinajstić information content (AvgIpc) is 4.03. The number of hydrogen-bond acceptors (Lipinski definition) is 8. The second-order valence-electron chi connectivity index (χ2n) is 13.6. The highest BCUT2D eigenvalue weighted by molar-refractivity contribution is 7.15. The van der Waals surface area contributed by atoms with E-state index in [0.29, 0.717) is 0 Å². The number of carbonyl (C=O) groups excluding carboxylic acids is 4. The van der Waals surface area contributed by atoms with E-state index in [4.69, 9.17) is 0 Å². The molecule has 4 aromatic heterocycles. The maximum absolute atomic E-state index is 15.4. The molecule has 0 radical (unpaired) electrons. The third-order valence-corrected chi connectivity index (χ3v) is 13.5. The smallest absolute Gasteiger partial charge is 0.269 e. The molecule has 62 heavy (non-hydrogen) atoms. The monoisotopic (exact) mass is 958 g/mol. The van der Waals surface area contributed by atoms with Crippen LogP contribution in [0.3, 0.4) is 0 Å². The second kappa shape index (κ2) is 14.2. The predicted molar refractivity (Wildman–Crippen MR) is 200 cm³/mol. The molecule has 4 amide bonds. The van der Waals surface area contributed by atoms with E-state index in [1.807, 2.05) is 0 Å². The Hall–Kier alpha value is -5.20. The summed E-state index contributed by atoms with van der Waals surface area (Å²) in [6.45, 7) is -5.77. The molecule has 0 saturated heterocycles. The molecule has 6 nitrogen and oxygen atoms in total. The first-order valence-corrected chi connectivity index (χ1v) is 20.5. The van der Waals surface area contributed by atoms with Crippen LogP contribution in [0.4, 0.5) is 61.5 Å². The normalized spacial score (nSPS) is 15.5. The van der Waals surface area contributed by atoms with Crippen LogP contribution in [0, 0.1) is 0 Å². The Bertz CT molecular complexity index is 2480. The van der Waals surface area contributed by atoms with Gasteiger partial charge in [-0.1, -0.05) is 24.3 Å². The molecule has 0 unspecified atom stereocenters. The van der Waals surface area contributed by atoms with Crippen molar-refractivity contribution in [1.82, 2.24) is 9.80 Å². The minimum Gasteiger partial charge on any atom is -0.269 e. The summed E-state index contributed by atoms with van der Waals surface area (Å²) in [5.41, 5.74) is -5.79. The summed E-state index contributed by atoms with van der Waals surface area (Å²) >= 11 is 2.97. The number of halogens is 14. The lowest BCUT2D eigenvalue weighted by Gasteiger charge is -2.39. The third kappa shape index (κ3) is 6.13. The van der Waals surface area contributed by atoms with Gasteiger partial charge >= 0.3 is 36.0 Å². The van der Waals surface area contributed by atoms with Crippen LogP contribution in [0.15, 0.2) is 70.1 Å². The van der Waals surface area contributed by atoms with Crippen LogP contribution >= 0.6 is 45.3 Å². The number of rotatable bonds is 10. The van der Waals surface area contributed by atoms with E-state index in [2.05, 4.69) is 0 Å². The number of imide groups is 2. The summed E-state index contributed by atoms with van der Waals surface area (Å²) in [6, 6.07) is 10.3. The Morgan fingerprint density at radius 3 is 0.774 bits per heavy atom. The molecule has 6 heterocycles. The van der Waals surface area contributed by atoms with E-state index in [-0.39, 0.29) is 19.5 Å². The van der Waals surface area contributed by atoms with E-state index in [0.717, 1.165) is 45.3 Å². The number of hydrogen-bond donors (Lipinski definition) is 0. The Labute approximate surface area is 352 Å². The lowest BCUT2D eigenvalue weighted by molar-refractivity contribution is -0.354. The molecule has 0 aliphatic carbocycles. The van der Waals surface area contributed by atoms with Crippen LogP contribution in [0.2, 0.25) is 0 Å². The first-order valence-electron chi connectivity index (χ1n) is 17.0. The van der Waals surface area contributed by atoms with Gasteiger partial charge in [-0.3, -0.25) is 29.0 Å². The van der Waals surface area contributed by atoms with Crippen molar-refractivity contribution in [3.05, 3.63) is 92.3 Å². The quantitative estimate of drug-likeness (QED) is 0.101. The van der Waals surface area contributed by atoms with Gasteiger partial charge < -0.3 is 0 Å². The van der Waals surface area contributed by atoms with Crippen LogP contribution in [-0.4, -0.2) is 82.6 Å². The SMILES string of the molecule is O=C1c2c(-c3cccs3)c(-c3cccs3)c3c4c(c(-c5cccs5)c(-c5cccs5)c(c24)C(=O)N1CC(F)(F)C(F)(F)C(F)(F)F)C(=O)N(CC(F)(F)C(F)(F)C(F)(F)F)C3=O. The molecule has 8 rings (SSSR count). The first-order chi connectivity index (χ1) is 28.8. The van der Waals surface area contributed by atoms with Gasteiger partial charge in [-0.05, 0) is 45.8 Å². The largest absolute Gasteiger partial charge is 0.459 e. The molecule has 324 valence electrons. The molecule has 2 aromatic carbocycles. The lowest BCUT2D eigenvalue weighted by Crippen LogP contribution is -2.59. The Morgan fingerprint density at radius 1 is 0.371 bits per heavy atom.